The zero-order valence-electron chi connectivity index (χ0n) is 10.5. The fraction of sp³-hybridized carbons (Fsp3) is 0.429. The smallest absolute Gasteiger partial charge is 0.130 e. The Balaban J connectivity index is 1.76. The molecule has 2 aromatic rings. The fourth-order valence-corrected chi connectivity index (χ4v) is 2.96. The van der Waals surface area contributed by atoms with Crippen LogP contribution in [0.1, 0.15) is 48.7 Å². The molecule has 1 N–H and O–H groups in total. The molecule has 2 heterocycles. The summed E-state index contributed by atoms with van der Waals surface area (Å²) in [6, 6.07) is 6.73. The van der Waals surface area contributed by atoms with Crippen molar-refractivity contribution in [1.82, 2.24) is 9.97 Å². The molecule has 4 heteroatoms. The van der Waals surface area contributed by atoms with E-state index in [0.717, 1.165) is 12.2 Å². The van der Waals surface area contributed by atoms with Gasteiger partial charge < -0.3 is 5.32 Å². The van der Waals surface area contributed by atoms with Gasteiger partial charge in [0.1, 0.15) is 12.1 Å². The second kappa shape index (κ2) is 5.06. The molecule has 0 amide bonds. The van der Waals surface area contributed by atoms with Gasteiger partial charge in [-0.3, -0.25) is 0 Å². The monoisotopic (exact) mass is 259 g/mol. The maximum Gasteiger partial charge on any atom is 0.130 e. The highest BCUT2D eigenvalue weighted by molar-refractivity contribution is 7.10. The van der Waals surface area contributed by atoms with Gasteiger partial charge in [-0.2, -0.15) is 0 Å². The van der Waals surface area contributed by atoms with E-state index in [0.29, 0.717) is 12.0 Å². The van der Waals surface area contributed by atoms with E-state index in [-0.39, 0.29) is 0 Å². The van der Waals surface area contributed by atoms with Gasteiger partial charge in [-0.25, -0.2) is 9.97 Å². The Morgan fingerprint density at radius 3 is 3.00 bits per heavy atom. The molecular weight excluding hydrogens is 242 g/mol. The molecule has 1 saturated carbocycles. The highest BCUT2D eigenvalue weighted by Gasteiger charge is 2.25. The van der Waals surface area contributed by atoms with Gasteiger partial charge in [0, 0.05) is 22.6 Å². The predicted octanol–water partition coefficient (Wildman–Crippen LogP) is 3.98. The van der Waals surface area contributed by atoms with E-state index in [2.05, 4.69) is 45.8 Å². The minimum Gasteiger partial charge on any atom is -0.362 e. The lowest BCUT2D eigenvalue weighted by Crippen LogP contribution is -2.09. The summed E-state index contributed by atoms with van der Waals surface area (Å²) in [6.45, 7) is 2.19. The van der Waals surface area contributed by atoms with E-state index < -0.39 is 0 Å². The summed E-state index contributed by atoms with van der Waals surface area (Å²) in [5.74, 6) is 1.63. The molecule has 0 aliphatic heterocycles. The summed E-state index contributed by atoms with van der Waals surface area (Å²) in [6.07, 6.45) is 5.29. The molecule has 1 aliphatic carbocycles. The van der Waals surface area contributed by atoms with Crippen LogP contribution in [0.2, 0.25) is 0 Å². The SMILES string of the molecule is CCC(Nc1cc(C2CC2)ncn1)c1cccs1. The highest BCUT2D eigenvalue weighted by atomic mass is 32.1. The quantitative estimate of drug-likeness (QED) is 0.882. The third kappa shape index (κ3) is 2.53. The summed E-state index contributed by atoms with van der Waals surface area (Å²) in [4.78, 5) is 10.0. The number of hydrogen-bond acceptors (Lipinski definition) is 4. The molecule has 1 aliphatic rings. The Labute approximate surface area is 111 Å². The van der Waals surface area contributed by atoms with Crippen LogP contribution in [-0.2, 0) is 0 Å². The summed E-state index contributed by atoms with van der Waals surface area (Å²) in [5.41, 5.74) is 1.19. The van der Waals surface area contributed by atoms with Crippen molar-refractivity contribution in [3.05, 3.63) is 40.5 Å². The number of thiophene rings is 1. The third-order valence-corrected chi connectivity index (χ3v) is 4.29. The number of nitrogens with one attached hydrogen (secondary N) is 1. The maximum absolute atomic E-state index is 4.35. The van der Waals surface area contributed by atoms with Crippen molar-refractivity contribution in [3.63, 3.8) is 0 Å². The standard InChI is InChI=1S/C14H17N3S/c1-2-11(13-4-3-7-18-13)17-14-8-12(10-5-6-10)15-9-16-14/h3-4,7-11H,2,5-6H2,1H3,(H,15,16,17). The molecular formula is C14H17N3S. The lowest BCUT2D eigenvalue weighted by atomic mass is 10.2. The Morgan fingerprint density at radius 2 is 2.33 bits per heavy atom. The van der Waals surface area contributed by atoms with Gasteiger partial charge in [-0.15, -0.1) is 11.3 Å². The molecule has 2 aromatic heterocycles. The van der Waals surface area contributed by atoms with Crippen LogP contribution in [0.5, 0.6) is 0 Å². The average molecular weight is 259 g/mol. The van der Waals surface area contributed by atoms with Crippen molar-refractivity contribution >= 4 is 17.2 Å². The molecule has 1 unspecified atom stereocenters. The molecule has 0 saturated heterocycles. The molecule has 0 radical (unpaired) electrons. The van der Waals surface area contributed by atoms with Crippen LogP contribution in [-0.4, -0.2) is 9.97 Å². The number of nitrogens with zero attached hydrogens (tertiary/aromatic N) is 2. The first kappa shape index (κ1) is 11.7. The first-order chi connectivity index (χ1) is 8.86. The highest BCUT2D eigenvalue weighted by Crippen LogP contribution is 2.39. The van der Waals surface area contributed by atoms with E-state index in [1.807, 2.05) is 0 Å². The lowest BCUT2D eigenvalue weighted by molar-refractivity contribution is 0.756. The molecule has 0 aromatic carbocycles. The van der Waals surface area contributed by atoms with Gasteiger partial charge in [0.2, 0.25) is 0 Å². The molecule has 1 atom stereocenters. The molecule has 18 heavy (non-hydrogen) atoms. The second-order valence-corrected chi connectivity index (χ2v) is 5.70. The number of anilines is 1. The first-order valence-electron chi connectivity index (χ1n) is 6.48. The van der Waals surface area contributed by atoms with Crippen molar-refractivity contribution in [2.24, 2.45) is 0 Å². The van der Waals surface area contributed by atoms with Gasteiger partial charge in [0.05, 0.1) is 6.04 Å². The Morgan fingerprint density at radius 1 is 1.44 bits per heavy atom. The minimum absolute atomic E-state index is 0.354. The molecule has 3 nitrogen and oxygen atoms in total. The Hall–Kier alpha value is -1.42. The third-order valence-electron chi connectivity index (χ3n) is 3.30. The molecule has 1 fully saturated rings. The van der Waals surface area contributed by atoms with E-state index in [4.69, 9.17) is 0 Å². The van der Waals surface area contributed by atoms with Crippen molar-refractivity contribution in [1.29, 1.82) is 0 Å². The topological polar surface area (TPSA) is 37.8 Å². The van der Waals surface area contributed by atoms with Crippen LogP contribution in [0.4, 0.5) is 5.82 Å². The van der Waals surface area contributed by atoms with Crippen molar-refractivity contribution in [3.8, 4) is 0 Å². The molecule has 94 valence electrons. The van der Waals surface area contributed by atoms with Gasteiger partial charge in [0.25, 0.3) is 0 Å². The number of rotatable bonds is 5. The Kier molecular flexibility index (Phi) is 3.28. The van der Waals surface area contributed by atoms with Crippen LogP contribution < -0.4 is 5.32 Å². The van der Waals surface area contributed by atoms with E-state index in [9.17, 15) is 0 Å². The summed E-state index contributed by atoms with van der Waals surface area (Å²) in [7, 11) is 0. The fourth-order valence-electron chi connectivity index (χ4n) is 2.10. The van der Waals surface area contributed by atoms with Crippen molar-refractivity contribution < 1.29 is 0 Å². The Bertz CT molecular complexity index is 506. The molecule has 0 bridgehead atoms. The average Bonchev–Trinajstić information content (AvgIpc) is 3.12. The predicted molar refractivity (Wildman–Crippen MR) is 75.0 cm³/mol. The van der Waals surface area contributed by atoms with Gasteiger partial charge in [-0.05, 0) is 30.7 Å². The largest absolute Gasteiger partial charge is 0.362 e. The van der Waals surface area contributed by atoms with Gasteiger partial charge in [-0.1, -0.05) is 13.0 Å². The van der Waals surface area contributed by atoms with E-state index >= 15 is 0 Å². The number of aromatic nitrogens is 2. The van der Waals surface area contributed by atoms with Crippen LogP contribution in [0.25, 0.3) is 0 Å². The normalized spacial score (nSPS) is 16.5. The number of hydrogen-bond donors (Lipinski definition) is 1. The van der Waals surface area contributed by atoms with Gasteiger partial charge in [0.15, 0.2) is 0 Å². The zero-order valence-corrected chi connectivity index (χ0v) is 11.3. The minimum atomic E-state index is 0.354. The van der Waals surface area contributed by atoms with Crippen molar-refractivity contribution in [2.75, 3.05) is 5.32 Å². The first-order valence-corrected chi connectivity index (χ1v) is 7.36. The molecule has 3 rings (SSSR count). The van der Waals surface area contributed by atoms with Crippen LogP contribution in [0.15, 0.2) is 29.9 Å². The molecule has 0 spiro atoms. The van der Waals surface area contributed by atoms with E-state index in [1.165, 1.54) is 23.4 Å². The van der Waals surface area contributed by atoms with Crippen LogP contribution in [0, 0.1) is 0 Å². The summed E-state index contributed by atoms with van der Waals surface area (Å²) >= 11 is 1.79. The zero-order chi connectivity index (χ0) is 12.4. The van der Waals surface area contributed by atoms with Crippen LogP contribution >= 0.6 is 11.3 Å². The van der Waals surface area contributed by atoms with E-state index in [1.54, 1.807) is 17.7 Å². The van der Waals surface area contributed by atoms with Crippen LogP contribution in [0.3, 0.4) is 0 Å². The second-order valence-electron chi connectivity index (χ2n) is 4.72. The summed E-state index contributed by atoms with van der Waals surface area (Å²) < 4.78 is 0. The van der Waals surface area contributed by atoms with Crippen molar-refractivity contribution in [2.45, 2.75) is 38.1 Å². The lowest BCUT2D eigenvalue weighted by Gasteiger charge is -2.16. The van der Waals surface area contributed by atoms with Gasteiger partial charge >= 0.3 is 0 Å². The summed E-state index contributed by atoms with van der Waals surface area (Å²) in [5, 5.41) is 5.63. The maximum atomic E-state index is 4.35.